The first kappa shape index (κ1) is 7.94. The van der Waals surface area contributed by atoms with Gasteiger partial charge in [-0.3, -0.25) is 0 Å². The fourth-order valence-corrected chi connectivity index (χ4v) is 3.31. The minimum absolute atomic E-state index is 0.0666. The zero-order chi connectivity index (χ0) is 8.89. The molecule has 2 aliphatic rings. The second kappa shape index (κ2) is 2.55. The molecule has 0 spiro atoms. The standard InChI is InChI=1S/C10H13NOS/c1-7-6-13-9(11-7)10-5-3-2-4-8(10)12-10/h6,8H,2-5H2,1H3. The zero-order valence-corrected chi connectivity index (χ0v) is 8.56. The van der Waals surface area contributed by atoms with Crippen LogP contribution in [0, 0.1) is 6.92 Å². The molecule has 0 radical (unpaired) electrons. The Morgan fingerprint density at radius 3 is 3.23 bits per heavy atom. The van der Waals surface area contributed by atoms with Crippen LogP contribution in [0.5, 0.6) is 0 Å². The molecule has 1 aliphatic carbocycles. The van der Waals surface area contributed by atoms with Crippen molar-refractivity contribution >= 4 is 11.3 Å². The van der Waals surface area contributed by atoms with Crippen molar-refractivity contribution in [2.45, 2.75) is 44.3 Å². The van der Waals surface area contributed by atoms with E-state index in [0.29, 0.717) is 6.10 Å². The lowest BCUT2D eigenvalue weighted by atomic mass is 9.90. The molecule has 2 heterocycles. The van der Waals surface area contributed by atoms with Gasteiger partial charge in [0, 0.05) is 11.1 Å². The Kier molecular flexibility index (Phi) is 1.56. The fraction of sp³-hybridized carbons (Fsp3) is 0.700. The van der Waals surface area contributed by atoms with Crippen molar-refractivity contribution in [3.05, 3.63) is 16.1 Å². The summed E-state index contributed by atoms with van der Waals surface area (Å²) < 4.78 is 5.81. The molecule has 3 heteroatoms. The first-order valence-electron chi connectivity index (χ1n) is 4.92. The highest BCUT2D eigenvalue weighted by atomic mass is 32.1. The van der Waals surface area contributed by atoms with Crippen molar-refractivity contribution in [1.82, 2.24) is 4.98 Å². The summed E-state index contributed by atoms with van der Waals surface area (Å²) >= 11 is 1.76. The number of epoxide rings is 1. The molecule has 13 heavy (non-hydrogen) atoms. The quantitative estimate of drug-likeness (QED) is 0.644. The predicted octanol–water partition coefficient (Wildman–Crippen LogP) is 2.62. The van der Waals surface area contributed by atoms with Crippen molar-refractivity contribution in [3.63, 3.8) is 0 Å². The topological polar surface area (TPSA) is 25.4 Å². The molecule has 0 N–H and O–H groups in total. The summed E-state index contributed by atoms with van der Waals surface area (Å²) in [7, 11) is 0. The molecular formula is C10H13NOS. The van der Waals surface area contributed by atoms with E-state index in [1.165, 1.54) is 30.7 Å². The molecule has 2 atom stereocenters. The third kappa shape index (κ3) is 1.07. The molecule has 1 aromatic rings. The number of rotatable bonds is 1. The van der Waals surface area contributed by atoms with Gasteiger partial charge in [0.25, 0.3) is 0 Å². The first-order valence-corrected chi connectivity index (χ1v) is 5.80. The first-order chi connectivity index (χ1) is 6.31. The van der Waals surface area contributed by atoms with Crippen LogP contribution in [0.4, 0.5) is 0 Å². The molecule has 2 fully saturated rings. The molecule has 70 valence electrons. The van der Waals surface area contributed by atoms with E-state index in [9.17, 15) is 0 Å². The van der Waals surface area contributed by atoms with E-state index in [4.69, 9.17) is 4.74 Å². The maximum atomic E-state index is 5.81. The second-order valence-electron chi connectivity index (χ2n) is 4.04. The largest absolute Gasteiger partial charge is 0.358 e. The number of aromatic nitrogens is 1. The average molecular weight is 195 g/mol. The molecule has 2 nitrogen and oxygen atoms in total. The van der Waals surface area contributed by atoms with Crippen LogP contribution in [-0.2, 0) is 10.3 Å². The lowest BCUT2D eigenvalue weighted by Gasteiger charge is -2.13. The number of nitrogens with zero attached hydrogens (tertiary/aromatic N) is 1. The minimum Gasteiger partial charge on any atom is -0.358 e. The molecule has 0 aromatic carbocycles. The van der Waals surface area contributed by atoms with Crippen LogP contribution in [0.25, 0.3) is 0 Å². The van der Waals surface area contributed by atoms with E-state index >= 15 is 0 Å². The number of thiazole rings is 1. The Hall–Kier alpha value is -0.410. The number of hydrogen-bond acceptors (Lipinski definition) is 3. The summed E-state index contributed by atoms with van der Waals surface area (Å²) in [6, 6.07) is 0. The summed E-state index contributed by atoms with van der Waals surface area (Å²) in [6.45, 7) is 2.05. The van der Waals surface area contributed by atoms with Crippen LogP contribution in [0.1, 0.15) is 36.4 Å². The van der Waals surface area contributed by atoms with Crippen LogP contribution in [0.2, 0.25) is 0 Å². The normalized spacial score (nSPS) is 37.2. The van der Waals surface area contributed by atoms with Crippen molar-refractivity contribution in [2.75, 3.05) is 0 Å². The Bertz CT molecular complexity index is 335. The zero-order valence-electron chi connectivity index (χ0n) is 7.75. The van der Waals surface area contributed by atoms with Gasteiger partial charge in [0.15, 0.2) is 0 Å². The van der Waals surface area contributed by atoms with Crippen molar-refractivity contribution < 1.29 is 4.74 Å². The molecule has 0 bridgehead atoms. The molecule has 3 rings (SSSR count). The van der Waals surface area contributed by atoms with Crippen LogP contribution in [0.15, 0.2) is 5.38 Å². The highest BCUT2D eigenvalue weighted by Gasteiger charge is 2.60. The molecule has 1 aliphatic heterocycles. The van der Waals surface area contributed by atoms with Gasteiger partial charge in [-0.1, -0.05) is 6.42 Å². The van der Waals surface area contributed by atoms with E-state index in [1.807, 2.05) is 0 Å². The van der Waals surface area contributed by atoms with Gasteiger partial charge in [-0.2, -0.15) is 0 Å². The summed E-state index contributed by atoms with van der Waals surface area (Å²) in [5, 5.41) is 3.34. The molecule has 1 aromatic heterocycles. The average Bonchev–Trinajstić information content (AvgIpc) is 2.74. The molecule has 2 unspecified atom stereocenters. The molecular weight excluding hydrogens is 182 g/mol. The maximum Gasteiger partial charge on any atom is 0.146 e. The van der Waals surface area contributed by atoms with Gasteiger partial charge < -0.3 is 4.74 Å². The SMILES string of the molecule is Cc1csc(C23CCCCC2O3)n1. The van der Waals surface area contributed by atoms with Gasteiger partial charge in [-0.25, -0.2) is 4.98 Å². The van der Waals surface area contributed by atoms with Gasteiger partial charge in [-0.05, 0) is 26.2 Å². The van der Waals surface area contributed by atoms with Crippen LogP contribution in [0.3, 0.4) is 0 Å². The van der Waals surface area contributed by atoms with Crippen LogP contribution >= 0.6 is 11.3 Å². The second-order valence-corrected chi connectivity index (χ2v) is 4.89. The number of aryl methyl sites for hydroxylation is 1. The van der Waals surface area contributed by atoms with E-state index in [2.05, 4.69) is 17.3 Å². The lowest BCUT2D eigenvalue weighted by molar-refractivity contribution is 0.289. The van der Waals surface area contributed by atoms with E-state index in [-0.39, 0.29) is 5.60 Å². The van der Waals surface area contributed by atoms with Gasteiger partial charge in [0.1, 0.15) is 10.6 Å². The smallest absolute Gasteiger partial charge is 0.146 e. The summed E-state index contributed by atoms with van der Waals surface area (Å²) in [6.07, 6.45) is 5.54. The Morgan fingerprint density at radius 1 is 1.62 bits per heavy atom. The number of ether oxygens (including phenoxy) is 1. The highest BCUT2D eigenvalue weighted by molar-refractivity contribution is 7.09. The molecule has 1 saturated carbocycles. The van der Waals surface area contributed by atoms with Gasteiger partial charge in [0.05, 0.1) is 6.10 Å². The van der Waals surface area contributed by atoms with E-state index in [0.717, 1.165) is 5.69 Å². The van der Waals surface area contributed by atoms with E-state index < -0.39 is 0 Å². The van der Waals surface area contributed by atoms with Crippen LogP contribution < -0.4 is 0 Å². The van der Waals surface area contributed by atoms with Gasteiger partial charge in [0.2, 0.25) is 0 Å². The fourth-order valence-electron chi connectivity index (χ4n) is 2.29. The van der Waals surface area contributed by atoms with Gasteiger partial charge in [-0.15, -0.1) is 11.3 Å². The predicted molar refractivity (Wildman–Crippen MR) is 51.9 cm³/mol. The third-order valence-corrected chi connectivity index (χ3v) is 4.18. The van der Waals surface area contributed by atoms with Crippen molar-refractivity contribution in [1.29, 1.82) is 0 Å². The Labute approximate surface area is 81.9 Å². The summed E-state index contributed by atoms with van der Waals surface area (Å²) in [5.74, 6) is 0. The Morgan fingerprint density at radius 2 is 2.54 bits per heavy atom. The van der Waals surface area contributed by atoms with E-state index in [1.54, 1.807) is 11.3 Å². The van der Waals surface area contributed by atoms with Crippen LogP contribution in [-0.4, -0.2) is 11.1 Å². The summed E-state index contributed by atoms with van der Waals surface area (Å²) in [5.41, 5.74) is 1.20. The lowest BCUT2D eigenvalue weighted by Crippen LogP contribution is -2.16. The minimum atomic E-state index is 0.0666. The number of fused-ring (bicyclic) bond motifs is 1. The Balaban J connectivity index is 1.93. The maximum absolute atomic E-state index is 5.81. The van der Waals surface area contributed by atoms with Crippen molar-refractivity contribution in [2.24, 2.45) is 0 Å². The van der Waals surface area contributed by atoms with Crippen molar-refractivity contribution in [3.8, 4) is 0 Å². The third-order valence-electron chi connectivity index (χ3n) is 3.06. The number of hydrogen-bond donors (Lipinski definition) is 0. The summed E-state index contributed by atoms with van der Waals surface area (Å²) in [4.78, 5) is 4.54. The van der Waals surface area contributed by atoms with Gasteiger partial charge >= 0.3 is 0 Å². The monoisotopic (exact) mass is 195 g/mol. The highest BCUT2D eigenvalue weighted by Crippen LogP contribution is 2.55. The molecule has 1 saturated heterocycles. The molecule has 0 amide bonds.